The van der Waals surface area contributed by atoms with Crippen molar-refractivity contribution < 1.29 is 4.79 Å². The Hall–Kier alpha value is -0.370. The molecule has 0 aromatic carbocycles. The zero-order chi connectivity index (χ0) is 21.4. The maximum absolute atomic E-state index is 11.9. The third-order valence-electron chi connectivity index (χ3n) is 6.11. The van der Waals surface area contributed by atoms with Crippen LogP contribution in [0.4, 0.5) is 0 Å². The molecule has 0 fully saturated rings. The fourth-order valence-corrected chi connectivity index (χ4v) is 4.24. The molecule has 29 heavy (non-hydrogen) atoms. The van der Waals surface area contributed by atoms with Crippen LogP contribution in [0.15, 0.2) is 0 Å². The molecule has 0 saturated heterocycles. The quantitative estimate of drug-likeness (QED) is 0.148. The number of Topliss-reactive ketones (excluding diaryl/α,β-unsaturated/α-hetero) is 1. The summed E-state index contributed by atoms with van der Waals surface area (Å²) in [7, 11) is 2.05. The van der Waals surface area contributed by atoms with E-state index in [0.717, 1.165) is 25.8 Å². The van der Waals surface area contributed by atoms with Crippen molar-refractivity contribution in [2.24, 2.45) is 0 Å². The van der Waals surface area contributed by atoms with Gasteiger partial charge in [-0.3, -0.25) is 9.69 Å². The number of hydrogen-bond acceptors (Lipinski definition) is 2. The van der Waals surface area contributed by atoms with Gasteiger partial charge in [-0.05, 0) is 26.4 Å². The van der Waals surface area contributed by atoms with E-state index in [1.54, 1.807) is 0 Å². The first-order chi connectivity index (χ1) is 14.2. The highest BCUT2D eigenvalue weighted by Crippen LogP contribution is 2.14. The second-order valence-electron chi connectivity index (χ2n) is 9.39. The van der Waals surface area contributed by atoms with Crippen LogP contribution in [0.2, 0.25) is 0 Å². The number of nitrogens with zero attached hydrogens (tertiary/aromatic N) is 1. The Morgan fingerprint density at radius 3 is 1.21 bits per heavy atom. The molecule has 0 heterocycles. The van der Waals surface area contributed by atoms with Gasteiger partial charge in [-0.15, -0.1) is 0 Å². The normalized spacial score (nSPS) is 11.4. The molecule has 2 nitrogen and oxygen atoms in total. The number of carbonyl (C=O) groups excluding carboxylic acids is 1. The molecule has 0 unspecified atom stereocenters. The molecule has 0 rings (SSSR count). The Labute approximate surface area is 184 Å². The number of hydrogen-bond donors (Lipinski definition) is 0. The molecule has 0 spiro atoms. The molecule has 0 atom stereocenters. The molecule has 174 valence electrons. The van der Waals surface area contributed by atoms with Crippen LogP contribution in [0.25, 0.3) is 0 Å². The molecule has 0 saturated carbocycles. The Morgan fingerprint density at radius 1 is 0.517 bits per heavy atom. The van der Waals surface area contributed by atoms with E-state index in [2.05, 4.69) is 25.8 Å². The average Bonchev–Trinajstić information content (AvgIpc) is 2.70. The van der Waals surface area contributed by atoms with Crippen LogP contribution in [0, 0.1) is 0 Å². The Balaban J connectivity index is 3.12. The Kier molecular flexibility index (Phi) is 23.6. The summed E-state index contributed by atoms with van der Waals surface area (Å²) < 4.78 is 0. The molecular formula is C27H55NO. The Morgan fingerprint density at radius 2 is 0.862 bits per heavy atom. The summed E-state index contributed by atoms with van der Waals surface area (Å²) in [5, 5.41) is 0. The smallest absolute Gasteiger partial charge is 0.146 e. The van der Waals surface area contributed by atoms with Gasteiger partial charge in [-0.1, -0.05) is 129 Å². The first kappa shape index (κ1) is 28.6. The van der Waals surface area contributed by atoms with Gasteiger partial charge in [0, 0.05) is 6.42 Å². The number of rotatable bonds is 24. The van der Waals surface area contributed by atoms with Gasteiger partial charge in [-0.2, -0.15) is 0 Å². The van der Waals surface area contributed by atoms with Gasteiger partial charge in [0.05, 0.1) is 6.54 Å². The van der Waals surface area contributed by atoms with Crippen LogP contribution < -0.4 is 0 Å². The van der Waals surface area contributed by atoms with E-state index >= 15 is 0 Å². The minimum Gasteiger partial charge on any atom is -0.299 e. The molecule has 0 amide bonds. The lowest BCUT2D eigenvalue weighted by Gasteiger charge is -2.13. The average molecular weight is 410 g/mol. The van der Waals surface area contributed by atoms with Crippen LogP contribution in [0.3, 0.4) is 0 Å². The lowest BCUT2D eigenvalue weighted by molar-refractivity contribution is -0.120. The summed E-state index contributed by atoms with van der Waals surface area (Å²) in [6, 6.07) is 0. The highest BCUT2D eigenvalue weighted by molar-refractivity contribution is 5.80. The van der Waals surface area contributed by atoms with Crippen molar-refractivity contribution in [1.29, 1.82) is 0 Å². The van der Waals surface area contributed by atoms with E-state index in [1.165, 1.54) is 116 Å². The molecule has 0 aliphatic carbocycles. The number of likely N-dealkylation sites (N-methyl/N-ethyl adjacent to an activating group) is 1. The lowest BCUT2D eigenvalue weighted by Crippen LogP contribution is -2.26. The number of ketones is 1. The standard InChI is InChI=1S/C27H55NO/c1-4-6-7-8-9-10-11-12-13-14-15-16-17-18-19-20-21-22-23-24-27(29)26-28(3)25-5-2/h4-26H2,1-3H3. The second-order valence-corrected chi connectivity index (χ2v) is 9.39. The maximum atomic E-state index is 11.9. The van der Waals surface area contributed by atoms with Gasteiger partial charge in [0.1, 0.15) is 5.78 Å². The lowest BCUT2D eigenvalue weighted by atomic mass is 10.0. The molecule has 0 aromatic heterocycles. The van der Waals surface area contributed by atoms with Gasteiger partial charge in [0.15, 0.2) is 0 Å². The van der Waals surface area contributed by atoms with Crippen LogP contribution in [-0.2, 0) is 4.79 Å². The highest BCUT2D eigenvalue weighted by atomic mass is 16.1. The van der Waals surface area contributed by atoms with E-state index in [4.69, 9.17) is 0 Å². The van der Waals surface area contributed by atoms with Gasteiger partial charge >= 0.3 is 0 Å². The molecule has 0 aromatic rings. The van der Waals surface area contributed by atoms with Gasteiger partial charge < -0.3 is 0 Å². The molecule has 0 bridgehead atoms. The third kappa shape index (κ3) is 23.8. The molecule has 0 aliphatic heterocycles. The van der Waals surface area contributed by atoms with Crippen LogP contribution in [0.5, 0.6) is 0 Å². The SMILES string of the molecule is CCCCCCCCCCCCCCCCCCCCCC(=O)CN(C)CCC. The van der Waals surface area contributed by atoms with Crippen molar-refractivity contribution in [3.8, 4) is 0 Å². The molecule has 0 N–H and O–H groups in total. The monoisotopic (exact) mass is 409 g/mol. The first-order valence-electron chi connectivity index (χ1n) is 13.4. The minimum atomic E-state index is 0.424. The first-order valence-corrected chi connectivity index (χ1v) is 13.4. The van der Waals surface area contributed by atoms with Crippen LogP contribution in [0.1, 0.15) is 149 Å². The van der Waals surface area contributed by atoms with E-state index in [-0.39, 0.29) is 0 Å². The van der Waals surface area contributed by atoms with E-state index < -0.39 is 0 Å². The second kappa shape index (κ2) is 23.9. The third-order valence-corrected chi connectivity index (χ3v) is 6.11. The molecule has 0 radical (unpaired) electrons. The molecule has 0 aliphatic rings. The van der Waals surface area contributed by atoms with Crippen LogP contribution >= 0.6 is 0 Å². The Bertz CT molecular complexity index is 328. The van der Waals surface area contributed by atoms with Crippen LogP contribution in [-0.4, -0.2) is 30.8 Å². The minimum absolute atomic E-state index is 0.424. The van der Waals surface area contributed by atoms with E-state index in [0.29, 0.717) is 12.3 Å². The molecular weight excluding hydrogens is 354 g/mol. The maximum Gasteiger partial charge on any atom is 0.146 e. The van der Waals surface area contributed by atoms with Gasteiger partial charge in [-0.25, -0.2) is 0 Å². The van der Waals surface area contributed by atoms with Crippen molar-refractivity contribution in [3.05, 3.63) is 0 Å². The largest absolute Gasteiger partial charge is 0.299 e. The van der Waals surface area contributed by atoms with Crippen molar-refractivity contribution in [3.63, 3.8) is 0 Å². The predicted octanol–water partition coefficient (Wildman–Crippen LogP) is 8.72. The van der Waals surface area contributed by atoms with Crippen molar-refractivity contribution in [1.82, 2.24) is 4.90 Å². The van der Waals surface area contributed by atoms with Gasteiger partial charge in [0.25, 0.3) is 0 Å². The summed E-state index contributed by atoms with van der Waals surface area (Å²) >= 11 is 0. The molecule has 2 heteroatoms. The van der Waals surface area contributed by atoms with Gasteiger partial charge in [0.2, 0.25) is 0 Å². The summed E-state index contributed by atoms with van der Waals surface area (Å²) in [5.74, 6) is 0.424. The van der Waals surface area contributed by atoms with Crippen molar-refractivity contribution >= 4 is 5.78 Å². The van der Waals surface area contributed by atoms with E-state index in [1.807, 2.05) is 0 Å². The predicted molar refractivity (Wildman–Crippen MR) is 131 cm³/mol. The summed E-state index contributed by atoms with van der Waals surface area (Å²) in [5.41, 5.74) is 0. The zero-order valence-electron chi connectivity index (χ0n) is 20.6. The fourth-order valence-electron chi connectivity index (χ4n) is 4.24. The van der Waals surface area contributed by atoms with Crippen molar-refractivity contribution in [2.75, 3.05) is 20.1 Å². The fraction of sp³-hybridized carbons (Fsp3) is 0.963. The topological polar surface area (TPSA) is 20.3 Å². The highest BCUT2D eigenvalue weighted by Gasteiger charge is 2.05. The zero-order valence-corrected chi connectivity index (χ0v) is 20.6. The summed E-state index contributed by atoms with van der Waals surface area (Å²) in [6.07, 6.45) is 28.5. The summed E-state index contributed by atoms with van der Waals surface area (Å²) in [6.45, 7) is 6.14. The number of carbonyl (C=O) groups is 1. The summed E-state index contributed by atoms with van der Waals surface area (Å²) in [4.78, 5) is 14.0. The number of unbranched alkanes of at least 4 members (excludes halogenated alkanes) is 18. The van der Waals surface area contributed by atoms with Crippen molar-refractivity contribution in [2.45, 2.75) is 149 Å². The van der Waals surface area contributed by atoms with E-state index in [9.17, 15) is 4.79 Å².